The van der Waals surface area contributed by atoms with Gasteiger partial charge >= 0.3 is 0 Å². The first kappa shape index (κ1) is 23.2. The molecule has 5 heteroatoms. The van der Waals surface area contributed by atoms with Crippen molar-refractivity contribution in [2.45, 2.75) is 47.0 Å². The first-order valence-electron chi connectivity index (χ1n) is 12.2. The van der Waals surface area contributed by atoms with E-state index >= 15 is 0 Å². The average Bonchev–Trinajstić information content (AvgIpc) is 3.08. The number of piperazine rings is 1. The Morgan fingerprint density at radius 1 is 0.848 bits per heavy atom. The molecule has 1 fully saturated rings. The van der Waals surface area contributed by atoms with E-state index in [2.05, 4.69) is 29.7 Å². The Morgan fingerprint density at radius 3 is 2.15 bits per heavy atom. The number of amides is 2. The highest BCUT2D eigenvalue weighted by Crippen LogP contribution is 2.36. The van der Waals surface area contributed by atoms with E-state index in [0.29, 0.717) is 17.0 Å². The van der Waals surface area contributed by atoms with Crippen LogP contribution in [-0.2, 0) is 16.0 Å². The lowest BCUT2D eigenvalue weighted by atomic mass is 9.97. The molecule has 0 radical (unpaired) electrons. The molecule has 0 N–H and O–H groups in total. The highest BCUT2D eigenvalue weighted by Gasteiger charge is 2.43. The zero-order valence-corrected chi connectivity index (χ0v) is 20.4. The molecule has 2 aliphatic rings. The molecule has 0 aliphatic carbocycles. The molecule has 0 spiro atoms. The van der Waals surface area contributed by atoms with Crippen LogP contribution in [0.3, 0.4) is 0 Å². The van der Waals surface area contributed by atoms with Crippen molar-refractivity contribution >= 4 is 23.1 Å². The topological polar surface area (TPSA) is 43.9 Å². The number of imide groups is 1. The number of hydrogen-bond acceptors (Lipinski definition) is 4. The zero-order chi connectivity index (χ0) is 23.5. The Labute approximate surface area is 197 Å². The van der Waals surface area contributed by atoms with Crippen LogP contribution in [0.5, 0.6) is 0 Å². The molecule has 1 saturated heterocycles. The SMILES string of the molecule is CCCCc1ccc(N2C(=O)C(c3ccc(C)cc3C)=C(N3CCN(CC)CC3)C2=O)cc1. The standard InChI is InChI=1S/C28H35N3O2/c1-5-7-8-22-10-12-23(13-11-22)31-27(32)25(24-14-9-20(3)19-21(24)4)26(28(31)33)30-17-15-29(6-2)16-18-30/h9-14,19H,5-8,15-18H2,1-4H3. The van der Waals surface area contributed by atoms with Crippen LogP contribution in [0, 0.1) is 13.8 Å². The van der Waals surface area contributed by atoms with Crippen LogP contribution in [0.2, 0.25) is 0 Å². The van der Waals surface area contributed by atoms with Crippen LogP contribution in [0.15, 0.2) is 48.2 Å². The van der Waals surface area contributed by atoms with Crippen molar-refractivity contribution < 1.29 is 9.59 Å². The maximum absolute atomic E-state index is 13.8. The van der Waals surface area contributed by atoms with E-state index in [4.69, 9.17) is 0 Å². The van der Waals surface area contributed by atoms with Crippen molar-refractivity contribution in [2.75, 3.05) is 37.6 Å². The molecule has 5 nitrogen and oxygen atoms in total. The Morgan fingerprint density at radius 2 is 1.55 bits per heavy atom. The highest BCUT2D eigenvalue weighted by atomic mass is 16.2. The van der Waals surface area contributed by atoms with E-state index < -0.39 is 0 Å². The minimum atomic E-state index is -0.221. The molecular formula is C28H35N3O2. The van der Waals surface area contributed by atoms with Crippen LogP contribution in [0.1, 0.15) is 48.9 Å². The second-order valence-corrected chi connectivity index (χ2v) is 9.18. The van der Waals surface area contributed by atoms with E-state index in [0.717, 1.165) is 68.7 Å². The van der Waals surface area contributed by atoms with Gasteiger partial charge in [0, 0.05) is 26.2 Å². The molecule has 2 heterocycles. The van der Waals surface area contributed by atoms with Gasteiger partial charge in [0.2, 0.25) is 0 Å². The molecule has 2 aromatic rings. The largest absolute Gasteiger partial charge is 0.364 e. The lowest BCUT2D eigenvalue weighted by molar-refractivity contribution is -0.120. The van der Waals surface area contributed by atoms with Crippen LogP contribution in [0.4, 0.5) is 5.69 Å². The van der Waals surface area contributed by atoms with Crippen molar-refractivity contribution in [1.29, 1.82) is 0 Å². The highest BCUT2D eigenvalue weighted by molar-refractivity contribution is 6.45. The van der Waals surface area contributed by atoms with E-state index in [-0.39, 0.29) is 11.8 Å². The van der Waals surface area contributed by atoms with Gasteiger partial charge in [0.05, 0.1) is 11.3 Å². The van der Waals surface area contributed by atoms with Crippen LogP contribution in [-0.4, -0.2) is 54.3 Å². The van der Waals surface area contributed by atoms with Crippen LogP contribution < -0.4 is 4.90 Å². The number of hydrogen-bond donors (Lipinski definition) is 0. The van der Waals surface area contributed by atoms with E-state index in [9.17, 15) is 9.59 Å². The fourth-order valence-electron chi connectivity index (χ4n) is 4.86. The van der Waals surface area contributed by atoms with Gasteiger partial charge < -0.3 is 9.80 Å². The number of rotatable bonds is 7. The monoisotopic (exact) mass is 445 g/mol. The average molecular weight is 446 g/mol. The molecule has 0 atom stereocenters. The van der Waals surface area contributed by atoms with E-state index in [1.54, 1.807) is 0 Å². The van der Waals surface area contributed by atoms with Gasteiger partial charge in [-0.3, -0.25) is 9.59 Å². The molecule has 2 aliphatic heterocycles. The number of aryl methyl sites for hydroxylation is 3. The molecule has 0 bridgehead atoms. The second-order valence-electron chi connectivity index (χ2n) is 9.18. The summed E-state index contributed by atoms with van der Waals surface area (Å²) < 4.78 is 0. The fourth-order valence-corrected chi connectivity index (χ4v) is 4.86. The summed E-state index contributed by atoms with van der Waals surface area (Å²) in [6.07, 6.45) is 3.29. The van der Waals surface area contributed by atoms with Crippen molar-refractivity contribution in [3.63, 3.8) is 0 Å². The summed E-state index contributed by atoms with van der Waals surface area (Å²) in [5, 5.41) is 0. The van der Waals surface area contributed by atoms with Gasteiger partial charge in [-0.05, 0) is 62.1 Å². The van der Waals surface area contributed by atoms with Crippen LogP contribution >= 0.6 is 0 Å². The zero-order valence-electron chi connectivity index (χ0n) is 20.4. The lowest BCUT2D eigenvalue weighted by Gasteiger charge is -2.36. The molecule has 0 unspecified atom stereocenters. The van der Waals surface area contributed by atoms with Gasteiger partial charge in [-0.15, -0.1) is 0 Å². The molecule has 2 amide bonds. The van der Waals surface area contributed by atoms with Gasteiger partial charge in [0.25, 0.3) is 11.8 Å². The quantitative estimate of drug-likeness (QED) is 0.586. The third-order valence-electron chi connectivity index (χ3n) is 6.86. The maximum atomic E-state index is 13.8. The van der Waals surface area contributed by atoms with Gasteiger partial charge in [-0.2, -0.15) is 0 Å². The second kappa shape index (κ2) is 9.92. The number of unbranched alkanes of at least 4 members (excludes halogenated alkanes) is 1. The third-order valence-corrected chi connectivity index (χ3v) is 6.86. The van der Waals surface area contributed by atoms with Crippen molar-refractivity contribution in [3.05, 3.63) is 70.4 Å². The lowest BCUT2D eigenvalue weighted by Crippen LogP contribution is -2.47. The van der Waals surface area contributed by atoms with Gasteiger partial charge in [-0.1, -0.05) is 56.2 Å². The summed E-state index contributed by atoms with van der Waals surface area (Å²) in [5.41, 5.74) is 6.00. The first-order chi connectivity index (χ1) is 15.9. The molecule has 0 aromatic heterocycles. The summed E-state index contributed by atoms with van der Waals surface area (Å²) in [6, 6.07) is 14.0. The van der Waals surface area contributed by atoms with Crippen molar-refractivity contribution in [2.24, 2.45) is 0 Å². The molecule has 2 aromatic carbocycles. The van der Waals surface area contributed by atoms with Gasteiger partial charge in [-0.25, -0.2) is 4.90 Å². The summed E-state index contributed by atoms with van der Waals surface area (Å²) in [6.45, 7) is 12.7. The summed E-state index contributed by atoms with van der Waals surface area (Å²) in [7, 11) is 0. The fraction of sp³-hybridized carbons (Fsp3) is 0.429. The predicted molar refractivity (Wildman–Crippen MR) is 134 cm³/mol. The van der Waals surface area contributed by atoms with Crippen molar-refractivity contribution in [1.82, 2.24) is 9.80 Å². The Hall–Kier alpha value is -2.92. The number of carbonyl (C=O) groups is 2. The van der Waals surface area contributed by atoms with E-state index in [1.807, 2.05) is 50.2 Å². The Bertz CT molecular complexity index is 1060. The molecule has 0 saturated carbocycles. The smallest absolute Gasteiger partial charge is 0.282 e. The molecule has 174 valence electrons. The van der Waals surface area contributed by atoms with E-state index in [1.165, 1.54) is 10.5 Å². The number of nitrogens with zero attached hydrogens (tertiary/aromatic N) is 3. The third kappa shape index (κ3) is 4.60. The number of benzene rings is 2. The van der Waals surface area contributed by atoms with Gasteiger partial charge in [0.1, 0.15) is 5.70 Å². The molecule has 4 rings (SSSR count). The molecular weight excluding hydrogens is 410 g/mol. The minimum absolute atomic E-state index is 0.207. The Kier molecular flexibility index (Phi) is 6.99. The van der Waals surface area contributed by atoms with Gasteiger partial charge in [0.15, 0.2) is 0 Å². The summed E-state index contributed by atoms with van der Waals surface area (Å²) in [5.74, 6) is -0.428. The number of likely N-dealkylation sites (N-methyl/N-ethyl adjacent to an activating group) is 1. The minimum Gasteiger partial charge on any atom is -0.364 e. The summed E-state index contributed by atoms with van der Waals surface area (Å²) >= 11 is 0. The normalized spacial score (nSPS) is 17.5. The maximum Gasteiger partial charge on any atom is 0.282 e. The number of carbonyl (C=O) groups excluding carboxylic acids is 2. The van der Waals surface area contributed by atoms with Crippen LogP contribution in [0.25, 0.3) is 5.57 Å². The van der Waals surface area contributed by atoms with Crippen molar-refractivity contribution in [3.8, 4) is 0 Å². The summed E-state index contributed by atoms with van der Waals surface area (Å²) in [4.78, 5) is 33.4. The number of anilines is 1. The molecule has 33 heavy (non-hydrogen) atoms. The first-order valence-corrected chi connectivity index (χ1v) is 12.2. The Balaban J connectivity index is 1.73. The predicted octanol–water partition coefficient (Wildman–Crippen LogP) is 4.57.